The first-order chi connectivity index (χ1) is 27.4. The summed E-state index contributed by atoms with van der Waals surface area (Å²) in [7, 11) is 2.09. The first-order valence-corrected chi connectivity index (χ1v) is 20.1. The lowest BCUT2D eigenvalue weighted by Crippen LogP contribution is -2.51. The number of unbranched alkanes of at least 4 members (excludes halogenated alkanes) is 5. The number of hydrogen-bond acceptors (Lipinski definition) is 8. The second kappa shape index (κ2) is 16.7. The molecule has 11 heteroatoms. The number of anilines is 1. The highest BCUT2D eigenvalue weighted by molar-refractivity contribution is 6.23. The highest BCUT2D eigenvalue weighted by Gasteiger charge is 2.44. The van der Waals surface area contributed by atoms with Gasteiger partial charge in [0.2, 0.25) is 11.8 Å². The standard InChI is InChI=1S/C45H50N6O5/c1-30-11-17-40(43(52)48-30)51-44(53)36-16-14-34(25-37(36)45(51)54)50-28-31(29-50)10-6-3-4-7-21-55-22-8-5-9-23-56-42-18-13-33(26-47-42)32-12-15-35-38-27-46-20-19-39(38)49(2)41(35)24-32/h12-16,18-20,24-27,31,40H,1,3-11,17,21-23,28-29H2,2H3,(H,48,52). The van der Waals surface area contributed by atoms with Crippen LogP contribution < -0.4 is 15.0 Å². The van der Waals surface area contributed by atoms with E-state index in [1.54, 1.807) is 6.07 Å². The van der Waals surface area contributed by atoms with E-state index in [9.17, 15) is 14.4 Å². The van der Waals surface area contributed by atoms with E-state index in [0.717, 1.165) is 79.1 Å². The van der Waals surface area contributed by atoms with E-state index in [-0.39, 0.29) is 17.7 Å². The maximum Gasteiger partial charge on any atom is 0.262 e. The summed E-state index contributed by atoms with van der Waals surface area (Å²) >= 11 is 0. The van der Waals surface area contributed by atoms with Gasteiger partial charge in [-0.1, -0.05) is 38.0 Å². The molecule has 6 heterocycles. The van der Waals surface area contributed by atoms with Crippen molar-refractivity contribution < 1.29 is 23.9 Å². The Morgan fingerprint density at radius 3 is 2.36 bits per heavy atom. The summed E-state index contributed by atoms with van der Waals surface area (Å²) < 4.78 is 14.0. The van der Waals surface area contributed by atoms with E-state index in [2.05, 4.69) is 68.7 Å². The third kappa shape index (κ3) is 7.77. The molecule has 0 bridgehead atoms. The molecule has 11 nitrogen and oxygen atoms in total. The summed E-state index contributed by atoms with van der Waals surface area (Å²) in [5.74, 6) is 0.179. The lowest BCUT2D eigenvalue weighted by molar-refractivity contribution is -0.125. The van der Waals surface area contributed by atoms with E-state index in [4.69, 9.17) is 9.47 Å². The second-order valence-electron chi connectivity index (χ2n) is 15.4. The largest absolute Gasteiger partial charge is 0.478 e. The Morgan fingerprint density at radius 1 is 0.786 bits per heavy atom. The summed E-state index contributed by atoms with van der Waals surface area (Å²) in [6.45, 7) is 7.95. The predicted molar refractivity (Wildman–Crippen MR) is 218 cm³/mol. The number of allylic oxidation sites excluding steroid dienone is 1. The van der Waals surface area contributed by atoms with Crippen LogP contribution in [0.15, 0.2) is 85.5 Å². The maximum absolute atomic E-state index is 13.2. The third-order valence-electron chi connectivity index (χ3n) is 11.6. The van der Waals surface area contributed by atoms with Crippen LogP contribution in [0.5, 0.6) is 5.88 Å². The minimum atomic E-state index is -0.786. The average Bonchev–Trinajstić information content (AvgIpc) is 3.62. The Bertz CT molecular complexity index is 2260. The van der Waals surface area contributed by atoms with Gasteiger partial charge in [-0.25, -0.2) is 4.98 Å². The van der Waals surface area contributed by atoms with Crippen molar-refractivity contribution >= 4 is 45.2 Å². The molecule has 1 unspecified atom stereocenters. The highest BCUT2D eigenvalue weighted by atomic mass is 16.5. The number of imide groups is 1. The fourth-order valence-corrected chi connectivity index (χ4v) is 8.32. The topological polar surface area (TPSA) is 119 Å². The highest BCUT2D eigenvalue weighted by Crippen LogP contribution is 2.35. The van der Waals surface area contributed by atoms with E-state index >= 15 is 0 Å². The van der Waals surface area contributed by atoms with Crippen molar-refractivity contribution in [2.75, 3.05) is 37.8 Å². The Labute approximate surface area is 327 Å². The molecule has 5 aromatic rings. The minimum Gasteiger partial charge on any atom is -0.478 e. The van der Waals surface area contributed by atoms with Crippen molar-refractivity contribution in [2.45, 2.75) is 70.3 Å². The van der Waals surface area contributed by atoms with Crippen molar-refractivity contribution in [3.05, 3.63) is 96.6 Å². The molecular formula is C45H50N6O5. The molecular weight excluding hydrogens is 705 g/mol. The molecule has 0 aliphatic carbocycles. The third-order valence-corrected chi connectivity index (χ3v) is 11.6. The van der Waals surface area contributed by atoms with Gasteiger partial charge >= 0.3 is 0 Å². The molecule has 2 saturated heterocycles. The van der Waals surface area contributed by atoms with E-state index in [1.165, 1.54) is 42.1 Å². The quantitative estimate of drug-likeness (QED) is 0.0754. The number of fused-ring (bicyclic) bond motifs is 4. The molecule has 56 heavy (non-hydrogen) atoms. The lowest BCUT2D eigenvalue weighted by Gasteiger charge is -2.41. The fourth-order valence-electron chi connectivity index (χ4n) is 8.32. The van der Waals surface area contributed by atoms with Crippen molar-refractivity contribution in [2.24, 2.45) is 13.0 Å². The van der Waals surface area contributed by atoms with E-state index in [1.807, 2.05) is 36.8 Å². The number of nitrogens with one attached hydrogen (secondary N) is 1. The van der Waals surface area contributed by atoms with Gasteiger partial charge in [0.15, 0.2) is 0 Å². The number of aromatic nitrogens is 3. The van der Waals surface area contributed by atoms with Crippen molar-refractivity contribution in [3.8, 4) is 17.0 Å². The molecule has 1 atom stereocenters. The molecule has 0 radical (unpaired) electrons. The van der Waals surface area contributed by atoms with Crippen molar-refractivity contribution in [3.63, 3.8) is 0 Å². The van der Waals surface area contributed by atoms with Crippen LogP contribution in [0.3, 0.4) is 0 Å². The summed E-state index contributed by atoms with van der Waals surface area (Å²) in [6, 6.07) is 17.3. The first-order valence-electron chi connectivity index (χ1n) is 20.1. The molecule has 1 N–H and O–H groups in total. The number of rotatable bonds is 17. The van der Waals surface area contributed by atoms with E-state index in [0.29, 0.717) is 48.1 Å². The predicted octanol–water partition coefficient (Wildman–Crippen LogP) is 7.83. The van der Waals surface area contributed by atoms with Gasteiger partial charge in [-0.05, 0) is 92.8 Å². The molecule has 3 aliphatic heterocycles. The SMILES string of the molecule is C=C1CCC(N2C(=O)c3ccc(N4CC(CCCCCCOCCCCCOc5ccc(-c6ccc7c8cnccc8n(C)c7c6)cn5)C4)cc3C2=O)C(=O)N1. The minimum absolute atomic E-state index is 0.342. The Hall–Kier alpha value is -5.55. The Kier molecular flexibility index (Phi) is 11.1. The van der Waals surface area contributed by atoms with Gasteiger partial charge < -0.3 is 24.3 Å². The van der Waals surface area contributed by atoms with Gasteiger partial charge in [-0.3, -0.25) is 24.3 Å². The summed E-state index contributed by atoms with van der Waals surface area (Å²) in [4.78, 5) is 51.0. The first kappa shape index (κ1) is 37.4. The van der Waals surface area contributed by atoms with Gasteiger partial charge in [0.25, 0.3) is 11.8 Å². The number of aryl methyl sites for hydroxylation is 1. The number of piperidine rings is 1. The molecule has 290 valence electrons. The molecule has 0 spiro atoms. The van der Waals surface area contributed by atoms with Crippen molar-refractivity contribution in [1.82, 2.24) is 24.8 Å². The van der Waals surface area contributed by atoms with Crippen LogP contribution in [-0.4, -0.2) is 76.1 Å². The monoisotopic (exact) mass is 754 g/mol. The Balaban J connectivity index is 0.650. The zero-order valence-corrected chi connectivity index (χ0v) is 32.2. The number of ether oxygens (including phenoxy) is 2. The lowest BCUT2D eigenvalue weighted by atomic mass is 9.92. The Morgan fingerprint density at radius 2 is 1.55 bits per heavy atom. The van der Waals surface area contributed by atoms with Gasteiger partial charge in [-0.15, -0.1) is 0 Å². The molecule has 2 aromatic carbocycles. The zero-order chi connectivity index (χ0) is 38.6. The number of hydrogen-bond donors (Lipinski definition) is 1. The molecule has 3 amide bonds. The molecule has 2 fully saturated rings. The van der Waals surface area contributed by atoms with Gasteiger partial charge in [0.1, 0.15) is 6.04 Å². The molecule has 8 rings (SSSR count). The van der Waals surface area contributed by atoms with Crippen molar-refractivity contribution in [1.29, 1.82) is 0 Å². The maximum atomic E-state index is 13.2. The normalized spacial score (nSPS) is 17.2. The fraction of sp³-hybridized carbons (Fsp3) is 0.400. The van der Waals surface area contributed by atoms with Crippen LogP contribution in [0.25, 0.3) is 32.9 Å². The molecule has 3 aliphatic rings. The van der Waals surface area contributed by atoms with Crippen LogP contribution >= 0.6 is 0 Å². The van der Waals surface area contributed by atoms with Crippen LogP contribution in [0, 0.1) is 5.92 Å². The van der Waals surface area contributed by atoms with Gasteiger partial charge in [0.05, 0.1) is 23.3 Å². The summed E-state index contributed by atoms with van der Waals surface area (Å²) in [6.07, 6.45) is 15.5. The summed E-state index contributed by atoms with van der Waals surface area (Å²) in [5, 5.41) is 5.05. The zero-order valence-electron chi connectivity index (χ0n) is 32.2. The molecule has 0 saturated carbocycles. The number of carbonyl (C=O) groups excluding carboxylic acids is 3. The second-order valence-corrected chi connectivity index (χ2v) is 15.4. The van der Waals surface area contributed by atoms with E-state index < -0.39 is 6.04 Å². The molecule has 3 aromatic heterocycles. The number of nitrogens with zero attached hydrogens (tertiary/aromatic N) is 5. The number of carbonyl (C=O) groups is 3. The smallest absolute Gasteiger partial charge is 0.262 e. The van der Waals surface area contributed by atoms with Crippen LogP contribution in [-0.2, 0) is 16.6 Å². The number of pyridine rings is 2. The van der Waals surface area contributed by atoms with Gasteiger partial charge in [-0.2, -0.15) is 0 Å². The van der Waals surface area contributed by atoms with Crippen LogP contribution in [0.2, 0.25) is 0 Å². The van der Waals surface area contributed by atoms with Crippen LogP contribution in [0.4, 0.5) is 5.69 Å². The number of amides is 3. The van der Waals surface area contributed by atoms with Crippen LogP contribution in [0.1, 0.15) is 84.9 Å². The average molecular weight is 755 g/mol. The van der Waals surface area contributed by atoms with Gasteiger partial charge in [0, 0.05) is 91.2 Å². The summed E-state index contributed by atoms with van der Waals surface area (Å²) in [5.41, 5.74) is 6.89. The number of benzene rings is 2.